The summed E-state index contributed by atoms with van der Waals surface area (Å²) in [6.07, 6.45) is 2.14. The molecule has 0 spiro atoms. The van der Waals surface area contributed by atoms with Gasteiger partial charge >= 0.3 is 0 Å². The van der Waals surface area contributed by atoms with Crippen LogP contribution in [0.4, 0.5) is 27.6 Å². The molecule has 0 atom stereocenters. The number of hydrogen-bond acceptors (Lipinski definition) is 3. The highest BCUT2D eigenvalue weighted by atomic mass is 19.2. The fraction of sp³-hybridized carbons (Fsp3) is 0.0625. The Hall–Kier alpha value is -3.10. The van der Waals surface area contributed by atoms with Crippen molar-refractivity contribution in [3.63, 3.8) is 0 Å². The van der Waals surface area contributed by atoms with E-state index in [9.17, 15) is 26.7 Å². The van der Waals surface area contributed by atoms with Crippen LogP contribution in [0.3, 0.4) is 0 Å². The Bertz CT molecular complexity index is 869. The molecule has 1 heterocycles. The zero-order valence-corrected chi connectivity index (χ0v) is 12.2. The van der Waals surface area contributed by atoms with Crippen molar-refractivity contribution < 1.29 is 36.2 Å². The summed E-state index contributed by atoms with van der Waals surface area (Å²) in [5.74, 6) is -11.0. The molecule has 0 saturated heterocycles. The number of hydrogen-bond donors (Lipinski definition) is 1. The second-order valence-electron chi connectivity index (χ2n) is 4.88. The maximum absolute atomic E-state index is 13.5. The van der Waals surface area contributed by atoms with Gasteiger partial charge in [-0.15, -0.1) is 0 Å². The van der Waals surface area contributed by atoms with Crippen LogP contribution in [0.15, 0.2) is 24.3 Å². The summed E-state index contributed by atoms with van der Waals surface area (Å²) >= 11 is 0. The lowest BCUT2D eigenvalue weighted by Crippen LogP contribution is -2.14. The number of amides is 1. The van der Waals surface area contributed by atoms with Gasteiger partial charge in [0.1, 0.15) is 5.69 Å². The molecule has 1 amide bonds. The van der Waals surface area contributed by atoms with E-state index in [2.05, 4.69) is 0 Å². The van der Waals surface area contributed by atoms with Gasteiger partial charge in [0.2, 0.25) is 18.5 Å². The number of anilines is 1. The van der Waals surface area contributed by atoms with Gasteiger partial charge in [-0.3, -0.25) is 4.79 Å². The molecule has 9 heteroatoms. The van der Waals surface area contributed by atoms with Crippen molar-refractivity contribution in [1.29, 1.82) is 0 Å². The Morgan fingerprint density at radius 2 is 1.52 bits per heavy atom. The zero-order valence-electron chi connectivity index (χ0n) is 12.2. The second kappa shape index (κ2) is 6.42. The molecule has 0 bridgehead atoms. The number of carbonyl (C=O) groups excluding carboxylic acids is 1. The molecule has 0 fully saturated rings. The average molecular weight is 357 g/mol. The van der Waals surface area contributed by atoms with Gasteiger partial charge < -0.3 is 14.8 Å². The molecule has 25 heavy (non-hydrogen) atoms. The minimum atomic E-state index is -2.30. The largest absolute Gasteiger partial charge is 0.454 e. The summed E-state index contributed by atoms with van der Waals surface area (Å²) in [4.78, 5) is 11.7. The molecule has 0 unspecified atom stereocenters. The lowest BCUT2D eigenvalue weighted by molar-refractivity contribution is -0.111. The number of rotatable bonds is 3. The highest BCUT2D eigenvalue weighted by Crippen LogP contribution is 2.33. The van der Waals surface area contributed by atoms with Crippen LogP contribution in [0.1, 0.15) is 5.56 Å². The Labute approximate surface area is 137 Å². The fourth-order valence-electron chi connectivity index (χ4n) is 2.07. The molecule has 1 aliphatic heterocycles. The van der Waals surface area contributed by atoms with Gasteiger partial charge in [-0.2, -0.15) is 0 Å². The molecule has 0 radical (unpaired) electrons. The normalized spacial score (nSPS) is 12.7. The molecule has 2 aromatic rings. The van der Waals surface area contributed by atoms with E-state index in [0.29, 0.717) is 17.1 Å². The van der Waals surface area contributed by atoms with Gasteiger partial charge in [0.25, 0.3) is 0 Å². The van der Waals surface area contributed by atoms with Gasteiger partial charge in [0, 0.05) is 6.08 Å². The first kappa shape index (κ1) is 16.7. The predicted molar refractivity (Wildman–Crippen MR) is 76.5 cm³/mol. The highest BCUT2D eigenvalue weighted by Gasteiger charge is 2.26. The van der Waals surface area contributed by atoms with Crippen molar-refractivity contribution in [2.24, 2.45) is 0 Å². The van der Waals surface area contributed by atoms with Gasteiger partial charge in [0.05, 0.1) is 0 Å². The third-order valence-electron chi connectivity index (χ3n) is 3.28. The molecule has 4 nitrogen and oxygen atoms in total. The van der Waals surface area contributed by atoms with Gasteiger partial charge in [-0.1, -0.05) is 6.07 Å². The Morgan fingerprint density at radius 1 is 0.920 bits per heavy atom. The van der Waals surface area contributed by atoms with Gasteiger partial charge in [-0.05, 0) is 23.8 Å². The maximum atomic E-state index is 13.5. The summed E-state index contributed by atoms with van der Waals surface area (Å²) in [7, 11) is 0. The number of carbonyl (C=O) groups is 1. The average Bonchev–Trinajstić information content (AvgIpc) is 3.08. The summed E-state index contributed by atoms with van der Waals surface area (Å²) in [6.45, 7) is 0.0588. The predicted octanol–water partition coefficient (Wildman–Crippen LogP) is 3.76. The minimum absolute atomic E-state index is 0.0588. The molecule has 0 saturated carbocycles. The lowest BCUT2D eigenvalue weighted by atomic mass is 10.2. The number of halogens is 5. The molecular formula is C16H8F5NO3. The van der Waals surface area contributed by atoms with Crippen LogP contribution in [0.25, 0.3) is 6.08 Å². The zero-order chi connectivity index (χ0) is 18.1. The van der Waals surface area contributed by atoms with Crippen LogP contribution in [-0.4, -0.2) is 12.7 Å². The molecular weight excluding hydrogens is 349 g/mol. The van der Waals surface area contributed by atoms with Crippen molar-refractivity contribution in [2.45, 2.75) is 0 Å². The number of benzene rings is 2. The molecule has 0 aromatic heterocycles. The van der Waals surface area contributed by atoms with Crippen LogP contribution in [0.5, 0.6) is 11.5 Å². The highest BCUT2D eigenvalue weighted by molar-refractivity contribution is 6.02. The standard InChI is InChI=1S/C16H8F5NO3/c17-11-12(18)14(20)16(15(21)13(11)19)22-10(23)4-2-7-1-3-8-9(5-7)25-6-24-8/h1-5H,6H2,(H,22,23). The van der Waals surface area contributed by atoms with E-state index >= 15 is 0 Å². The van der Waals surface area contributed by atoms with Crippen molar-refractivity contribution in [1.82, 2.24) is 0 Å². The summed E-state index contributed by atoms with van der Waals surface area (Å²) in [5, 5.41) is 1.63. The monoisotopic (exact) mass is 357 g/mol. The molecule has 1 aliphatic rings. The minimum Gasteiger partial charge on any atom is -0.454 e. The molecule has 1 N–H and O–H groups in total. The van der Waals surface area contributed by atoms with Crippen molar-refractivity contribution in [3.8, 4) is 11.5 Å². The Balaban J connectivity index is 1.79. The second-order valence-corrected chi connectivity index (χ2v) is 4.88. The summed E-state index contributed by atoms with van der Waals surface area (Å²) in [6, 6.07) is 4.71. The first-order valence-electron chi connectivity index (χ1n) is 6.78. The third-order valence-corrected chi connectivity index (χ3v) is 3.28. The molecule has 0 aliphatic carbocycles. The van der Waals surface area contributed by atoms with E-state index in [0.717, 1.165) is 6.08 Å². The number of nitrogens with one attached hydrogen (secondary N) is 1. The Kier molecular flexibility index (Phi) is 4.30. The third kappa shape index (κ3) is 3.12. The quantitative estimate of drug-likeness (QED) is 0.394. The first-order chi connectivity index (χ1) is 11.9. The van der Waals surface area contributed by atoms with Crippen molar-refractivity contribution in [2.75, 3.05) is 12.1 Å². The number of ether oxygens (including phenoxy) is 2. The first-order valence-corrected chi connectivity index (χ1v) is 6.78. The SMILES string of the molecule is O=C(C=Cc1ccc2c(c1)OCO2)Nc1c(F)c(F)c(F)c(F)c1F. The van der Waals surface area contributed by atoms with Crippen molar-refractivity contribution in [3.05, 3.63) is 58.9 Å². The van der Waals surface area contributed by atoms with Crippen LogP contribution < -0.4 is 14.8 Å². The molecule has 2 aromatic carbocycles. The van der Waals surface area contributed by atoms with Crippen LogP contribution in [0.2, 0.25) is 0 Å². The molecule has 130 valence electrons. The number of fused-ring (bicyclic) bond motifs is 1. The Morgan fingerprint density at radius 3 is 2.20 bits per heavy atom. The molecule has 3 rings (SSSR count). The van der Waals surface area contributed by atoms with Crippen LogP contribution in [0, 0.1) is 29.1 Å². The summed E-state index contributed by atoms with van der Waals surface area (Å²) in [5.41, 5.74) is -0.923. The maximum Gasteiger partial charge on any atom is 0.248 e. The summed E-state index contributed by atoms with van der Waals surface area (Å²) < 4.78 is 76.3. The fourth-order valence-corrected chi connectivity index (χ4v) is 2.07. The van der Waals surface area contributed by atoms with Gasteiger partial charge in [0.15, 0.2) is 34.8 Å². The van der Waals surface area contributed by atoms with Crippen LogP contribution in [-0.2, 0) is 4.79 Å². The van der Waals surface area contributed by atoms with E-state index in [-0.39, 0.29) is 6.79 Å². The smallest absolute Gasteiger partial charge is 0.248 e. The lowest BCUT2D eigenvalue weighted by Gasteiger charge is -2.08. The van der Waals surface area contributed by atoms with Gasteiger partial charge in [-0.25, -0.2) is 22.0 Å². The van der Waals surface area contributed by atoms with Crippen LogP contribution >= 0.6 is 0 Å². The van der Waals surface area contributed by atoms with E-state index in [1.54, 1.807) is 23.5 Å². The topological polar surface area (TPSA) is 47.6 Å². The van der Waals surface area contributed by atoms with E-state index in [1.165, 1.54) is 6.08 Å². The van der Waals surface area contributed by atoms with E-state index in [1.807, 2.05) is 0 Å². The van der Waals surface area contributed by atoms with Crippen molar-refractivity contribution >= 4 is 17.7 Å². The van der Waals surface area contributed by atoms with E-state index in [4.69, 9.17) is 9.47 Å². The van der Waals surface area contributed by atoms with E-state index < -0.39 is 40.7 Å².